The van der Waals surface area contributed by atoms with Gasteiger partial charge in [-0.25, -0.2) is 9.99 Å². The van der Waals surface area contributed by atoms with E-state index in [1.807, 2.05) is 54.7 Å². The van der Waals surface area contributed by atoms with Crippen LogP contribution in [0.5, 0.6) is 0 Å². The lowest BCUT2D eigenvalue weighted by Gasteiger charge is -2.23. The molecule has 0 radical (unpaired) electrons. The van der Waals surface area contributed by atoms with Crippen molar-refractivity contribution in [2.24, 2.45) is 5.10 Å². The standard InChI is InChI=1S/C19H20N4O2S2/c1-13-20-10-14(27-13)11-22(2)12-19(24)23-16(17-5-3-7-25-17)9-15(21-23)18-6-4-8-26-18/h3-8,10,16H,9,11-12H2,1-2H3. The van der Waals surface area contributed by atoms with Crippen LogP contribution in [0.2, 0.25) is 0 Å². The molecule has 0 saturated heterocycles. The number of carbonyl (C=O) groups excluding carboxylic acids is 1. The largest absolute Gasteiger partial charge is 0.467 e. The topological polar surface area (TPSA) is 61.9 Å². The first kappa shape index (κ1) is 18.1. The molecule has 4 rings (SSSR count). The lowest BCUT2D eigenvalue weighted by atomic mass is 10.1. The van der Waals surface area contributed by atoms with Crippen LogP contribution in [0, 0.1) is 6.92 Å². The van der Waals surface area contributed by atoms with E-state index < -0.39 is 0 Å². The fourth-order valence-corrected chi connectivity index (χ4v) is 4.73. The number of aromatic nitrogens is 1. The first-order valence-electron chi connectivity index (χ1n) is 8.67. The Hall–Kier alpha value is -2.29. The zero-order chi connectivity index (χ0) is 18.8. The first-order valence-corrected chi connectivity index (χ1v) is 10.4. The van der Waals surface area contributed by atoms with E-state index in [9.17, 15) is 4.79 Å². The minimum atomic E-state index is -0.191. The Kier molecular flexibility index (Phi) is 5.20. The molecule has 0 aliphatic carbocycles. The van der Waals surface area contributed by atoms with Gasteiger partial charge in [0.25, 0.3) is 5.91 Å². The summed E-state index contributed by atoms with van der Waals surface area (Å²) in [6.07, 6.45) is 4.17. The number of hydrazone groups is 1. The van der Waals surface area contributed by atoms with E-state index in [1.165, 1.54) is 0 Å². The number of thiazole rings is 1. The van der Waals surface area contributed by atoms with Gasteiger partial charge in [0, 0.05) is 24.0 Å². The fourth-order valence-electron chi connectivity index (χ4n) is 3.14. The molecule has 140 valence electrons. The summed E-state index contributed by atoms with van der Waals surface area (Å²) in [6.45, 7) is 2.96. The molecule has 3 aromatic rings. The number of likely N-dealkylation sites (N-methyl/N-ethyl adjacent to an activating group) is 1. The van der Waals surface area contributed by atoms with Crippen molar-refractivity contribution in [2.45, 2.75) is 25.9 Å². The predicted molar refractivity (Wildman–Crippen MR) is 107 cm³/mol. The van der Waals surface area contributed by atoms with Crippen molar-refractivity contribution < 1.29 is 9.21 Å². The van der Waals surface area contributed by atoms with Crippen LogP contribution in [0.25, 0.3) is 0 Å². The number of carbonyl (C=O) groups is 1. The third-order valence-electron chi connectivity index (χ3n) is 4.34. The molecule has 3 aromatic heterocycles. The third kappa shape index (κ3) is 4.02. The van der Waals surface area contributed by atoms with E-state index >= 15 is 0 Å². The number of aryl methyl sites for hydroxylation is 1. The van der Waals surface area contributed by atoms with E-state index in [0.717, 1.165) is 26.2 Å². The Bertz CT molecular complexity index is 931. The van der Waals surface area contributed by atoms with Gasteiger partial charge >= 0.3 is 0 Å². The van der Waals surface area contributed by atoms with Crippen molar-refractivity contribution >= 4 is 34.3 Å². The summed E-state index contributed by atoms with van der Waals surface area (Å²) in [5, 5.41) is 9.29. The van der Waals surface area contributed by atoms with Crippen LogP contribution in [0.4, 0.5) is 0 Å². The van der Waals surface area contributed by atoms with Crippen LogP contribution in [0.1, 0.15) is 33.0 Å². The van der Waals surface area contributed by atoms with Crippen LogP contribution >= 0.6 is 22.7 Å². The number of rotatable bonds is 6. The van der Waals surface area contributed by atoms with Gasteiger partial charge in [-0.2, -0.15) is 5.10 Å². The second-order valence-corrected chi connectivity index (χ2v) is 8.78. The molecular formula is C19H20N4O2S2. The van der Waals surface area contributed by atoms with Crippen molar-refractivity contribution in [2.75, 3.05) is 13.6 Å². The van der Waals surface area contributed by atoms with E-state index in [1.54, 1.807) is 33.9 Å². The normalized spacial score (nSPS) is 16.9. The average Bonchev–Trinajstić information content (AvgIpc) is 3.41. The number of amides is 1. The van der Waals surface area contributed by atoms with Gasteiger partial charge in [0.1, 0.15) is 11.8 Å². The summed E-state index contributed by atoms with van der Waals surface area (Å²) in [5.74, 6) is 0.728. The molecule has 8 heteroatoms. The zero-order valence-corrected chi connectivity index (χ0v) is 16.8. The van der Waals surface area contributed by atoms with Gasteiger partial charge in [-0.3, -0.25) is 9.69 Å². The molecule has 0 N–H and O–H groups in total. The van der Waals surface area contributed by atoms with Crippen molar-refractivity contribution in [1.82, 2.24) is 14.9 Å². The number of furan rings is 1. The highest BCUT2D eigenvalue weighted by atomic mass is 32.1. The van der Waals surface area contributed by atoms with Gasteiger partial charge in [-0.15, -0.1) is 22.7 Å². The van der Waals surface area contributed by atoms with Crippen LogP contribution in [-0.4, -0.2) is 40.1 Å². The van der Waals surface area contributed by atoms with Gasteiger partial charge < -0.3 is 4.42 Å². The van der Waals surface area contributed by atoms with Crippen molar-refractivity contribution in [3.05, 3.63) is 62.6 Å². The van der Waals surface area contributed by atoms with Crippen LogP contribution in [0.15, 0.2) is 51.6 Å². The molecule has 1 amide bonds. The second-order valence-electron chi connectivity index (χ2n) is 6.52. The molecule has 1 aliphatic rings. The molecule has 0 spiro atoms. The highest BCUT2D eigenvalue weighted by Gasteiger charge is 2.35. The summed E-state index contributed by atoms with van der Waals surface area (Å²) < 4.78 is 5.58. The summed E-state index contributed by atoms with van der Waals surface area (Å²) in [4.78, 5) is 21.5. The summed E-state index contributed by atoms with van der Waals surface area (Å²) in [5.41, 5.74) is 0.931. The Morgan fingerprint density at radius 1 is 1.41 bits per heavy atom. The van der Waals surface area contributed by atoms with Crippen molar-refractivity contribution in [1.29, 1.82) is 0 Å². The first-order chi connectivity index (χ1) is 13.1. The van der Waals surface area contributed by atoms with Crippen molar-refractivity contribution in [3.63, 3.8) is 0 Å². The van der Waals surface area contributed by atoms with E-state index in [-0.39, 0.29) is 18.5 Å². The Balaban J connectivity index is 1.50. The minimum absolute atomic E-state index is 0.0355. The van der Waals surface area contributed by atoms with Gasteiger partial charge in [0.15, 0.2) is 0 Å². The van der Waals surface area contributed by atoms with Gasteiger partial charge in [0.05, 0.1) is 28.4 Å². The van der Waals surface area contributed by atoms with Gasteiger partial charge in [-0.05, 0) is 37.6 Å². The molecule has 0 fully saturated rings. The minimum Gasteiger partial charge on any atom is -0.467 e. The maximum absolute atomic E-state index is 13.0. The summed E-state index contributed by atoms with van der Waals surface area (Å²) >= 11 is 3.29. The molecule has 1 aliphatic heterocycles. The fraction of sp³-hybridized carbons (Fsp3) is 0.316. The van der Waals surface area contributed by atoms with Crippen LogP contribution < -0.4 is 0 Å². The molecule has 0 bridgehead atoms. The zero-order valence-electron chi connectivity index (χ0n) is 15.2. The van der Waals surface area contributed by atoms with Crippen molar-refractivity contribution in [3.8, 4) is 0 Å². The van der Waals surface area contributed by atoms with Crippen LogP contribution in [-0.2, 0) is 11.3 Å². The predicted octanol–water partition coefficient (Wildman–Crippen LogP) is 3.92. The van der Waals surface area contributed by atoms with E-state index in [0.29, 0.717) is 13.0 Å². The lowest BCUT2D eigenvalue weighted by Crippen LogP contribution is -2.36. The second kappa shape index (κ2) is 7.75. The van der Waals surface area contributed by atoms with E-state index in [4.69, 9.17) is 4.42 Å². The highest BCUT2D eigenvalue weighted by Crippen LogP contribution is 2.34. The van der Waals surface area contributed by atoms with Gasteiger partial charge in [-0.1, -0.05) is 6.07 Å². The molecule has 6 nitrogen and oxygen atoms in total. The Labute approximate surface area is 165 Å². The SMILES string of the molecule is Cc1ncc(CN(C)CC(=O)N2N=C(c3cccs3)CC2c2ccco2)s1. The molecular weight excluding hydrogens is 380 g/mol. The smallest absolute Gasteiger partial charge is 0.257 e. The number of thiophene rings is 1. The Morgan fingerprint density at radius 2 is 2.30 bits per heavy atom. The maximum atomic E-state index is 13.0. The highest BCUT2D eigenvalue weighted by molar-refractivity contribution is 7.12. The molecule has 4 heterocycles. The quantitative estimate of drug-likeness (QED) is 0.629. The molecule has 1 atom stereocenters. The summed E-state index contributed by atoms with van der Waals surface area (Å²) in [6, 6.07) is 7.60. The lowest BCUT2D eigenvalue weighted by molar-refractivity contribution is -0.134. The summed E-state index contributed by atoms with van der Waals surface area (Å²) in [7, 11) is 1.94. The molecule has 1 unspecified atom stereocenters. The Morgan fingerprint density at radius 3 is 2.96 bits per heavy atom. The number of hydrogen-bond acceptors (Lipinski definition) is 7. The maximum Gasteiger partial charge on any atom is 0.257 e. The van der Waals surface area contributed by atoms with Gasteiger partial charge in [0.2, 0.25) is 0 Å². The molecule has 0 saturated carbocycles. The van der Waals surface area contributed by atoms with E-state index in [2.05, 4.69) is 10.1 Å². The van der Waals surface area contributed by atoms with Crippen LogP contribution in [0.3, 0.4) is 0 Å². The monoisotopic (exact) mass is 400 g/mol. The molecule has 27 heavy (non-hydrogen) atoms. The average molecular weight is 401 g/mol. The third-order valence-corrected chi connectivity index (χ3v) is 6.16. The number of hydrogen-bond donors (Lipinski definition) is 0. The number of nitrogens with zero attached hydrogens (tertiary/aromatic N) is 4. The molecule has 0 aromatic carbocycles.